The molecule has 1 heterocycles. The normalized spacial score (nSPS) is 11.7. The molecule has 1 amide bonds. The molecular weight excluding hydrogens is 400 g/mol. The van der Waals surface area contributed by atoms with E-state index in [1.165, 1.54) is 11.8 Å². The van der Waals surface area contributed by atoms with E-state index in [1.807, 2.05) is 56.3 Å². The molecule has 0 saturated heterocycles. The molecule has 0 aliphatic rings. The van der Waals surface area contributed by atoms with E-state index >= 15 is 0 Å². The van der Waals surface area contributed by atoms with Crippen LogP contribution in [-0.2, 0) is 4.79 Å². The number of rotatable bonds is 9. The van der Waals surface area contributed by atoms with Crippen molar-refractivity contribution in [3.63, 3.8) is 0 Å². The van der Waals surface area contributed by atoms with Crippen molar-refractivity contribution in [2.24, 2.45) is 0 Å². The number of para-hydroxylation sites is 1. The van der Waals surface area contributed by atoms with Gasteiger partial charge in [0, 0.05) is 17.5 Å². The first-order valence-electron chi connectivity index (χ1n) is 9.70. The van der Waals surface area contributed by atoms with Crippen LogP contribution >= 0.6 is 11.8 Å². The number of benzene rings is 2. The Morgan fingerprint density at radius 2 is 1.93 bits per heavy atom. The molecule has 2 aromatic carbocycles. The van der Waals surface area contributed by atoms with E-state index in [9.17, 15) is 4.79 Å². The van der Waals surface area contributed by atoms with Crippen molar-refractivity contribution >= 4 is 34.4 Å². The van der Waals surface area contributed by atoms with E-state index in [2.05, 4.69) is 20.6 Å². The van der Waals surface area contributed by atoms with E-state index in [0.29, 0.717) is 16.7 Å². The van der Waals surface area contributed by atoms with Crippen LogP contribution in [0.5, 0.6) is 11.5 Å². The van der Waals surface area contributed by atoms with Gasteiger partial charge in [-0.25, -0.2) is 9.97 Å². The molecule has 1 atom stereocenters. The summed E-state index contributed by atoms with van der Waals surface area (Å²) >= 11 is 1.31. The Hall–Kier alpha value is -3.00. The van der Waals surface area contributed by atoms with Gasteiger partial charge in [0.1, 0.15) is 17.3 Å². The van der Waals surface area contributed by atoms with Gasteiger partial charge in [-0.1, -0.05) is 23.9 Å². The molecular formula is C22H26N4O3S. The minimum absolute atomic E-state index is 0.112. The number of hydrogen-bond acceptors (Lipinski definition) is 7. The quantitative estimate of drug-likeness (QED) is 0.394. The minimum Gasteiger partial charge on any atom is -0.497 e. The summed E-state index contributed by atoms with van der Waals surface area (Å²) in [4.78, 5) is 21.7. The van der Waals surface area contributed by atoms with Crippen molar-refractivity contribution in [1.82, 2.24) is 15.3 Å². The lowest BCUT2D eigenvalue weighted by Crippen LogP contribution is -2.28. The third-order valence-corrected chi connectivity index (χ3v) is 5.39. The second-order valence-corrected chi connectivity index (χ2v) is 7.53. The Morgan fingerprint density at radius 3 is 2.67 bits per heavy atom. The molecule has 3 rings (SSSR count). The monoisotopic (exact) mass is 426 g/mol. The van der Waals surface area contributed by atoms with Crippen molar-refractivity contribution in [2.75, 3.05) is 31.8 Å². The second-order valence-electron chi connectivity index (χ2n) is 6.59. The Kier molecular flexibility index (Phi) is 7.35. The molecule has 0 radical (unpaired) electrons. The Balaban J connectivity index is 1.69. The van der Waals surface area contributed by atoms with Crippen LogP contribution in [0.25, 0.3) is 10.9 Å². The number of methoxy groups -OCH3 is 2. The van der Waals surface area contributed by atoms with Crippen LogP contribution < -0.4 is 20.1 Å². The summed E-state index contributed by atoms with van der Waals surface area (Å²) in [5, 5.41) is 7.79. The maximum atomic E-state index is 12.6. The predicted octanol–water partition coefficient (Wildman–Crippen LogP) is 4.05. The highest BCUT2D eigenvalue weighted by Crippen LogP contribution is 2.29. The number of carbonyl (C=O) groups excluding carboxylic acids is 1. The molecule has 3 aromatic rings. The molecule has 0 spiro atoms. The summed E-state index contributed by atoms with van der Waals surface area (Å²) in [6.07, 6.45) is 0. The van der Waals surface area contributed by atoms with Crippen molar-refractivity contribution in [1.29, 1.82) is 0 Å². The zero-order valence-electron chi connectivity index (χ0n) is 17.6. The Morgan fingerprint density at radius 1 is 1.13 bits per heavy atom. The average molecular weight is 427 g/mol. The number of amides is 1. The molecule has 1 unspecified atom stereocenters. The van der Waals surface area contributed by atoms with Crippen LogP contribution in [0.2, 0.25) is 0 Å². The zero-order chi connectivity index (χ0) is 21.5. The lowest BCUT2D eigenvalue weighted by molar-refractivity contribution is -0.119. The number of aromatic nitrogens is 2. The fourth-order valence-electron chi connectivity index (χ4n) is 3.09. The van der Waals surface area contributed by atoms with Crippen LogP contribution in [0.4, 0.5) is 5.82 Å². The summed E-state index contributed by atoms with van der Waals surface area (Å²) in [6, 6.07) is 13.1. The lowest BCUT2D eigenvalue weighted by Gasteiger charge is -2.18. The highest BCUT2D eigenvalue weighted by atomic mass is 32.2. The number of nitrogens with zero attached hydrogens (tertiary/aromatic N) is 2. The number of nitrogens with one attached hydrogen (secondary N) is 2. The van der Waals surface area contributed by atoms with Gasteiger partial charge in [-0.15, -0.1) is 0 Å². The van der Waals surface area contributed by atoms with Crippen LogP contribution in [0, 0.1) is 0 Å². The van der Waals surface area contributed by atoms with Gasteiger partial charge >= 0.3 is 0 Å². The van der Waals surface area contributed by atoms with Crippen LogP contribution in [0.1, 0.15) is 25.5 Å². The summed E-state index contributed by atoms with van der Waals surface area (Å²) in [6.45, 7) is 4.69. The molecule has 30 heavy (non-hydrogen) atoms. The van der Waals surface area contributed by atoms with Crippen LogP contribution in [-0.4, -0.2) is 42.4 Å². The summed E-state index contributed by atoms with van der Waals surface area (Å²) in [7, 11) is 3.21. The summed E-state index contributed by atoms with van der Waals surface area (Å²) < 4.78 is 10.7. The van der Waals surface area contributed by atoms with E-state index in [-0.39, 0.29) is 17.7 Å². The van der Waals surface area contributed by atoms with E-state index < -0.39 is 0 Å². The van der Waals surface area contributed by atoms with E-state index in [0.717, 1.165) is 28.8 Å². The van der Waals surface area contributed by atoms with Crippen molar-refractivity contribution in [3.8, 4) is 11.5 Å². The van der Waals surface area contributed by atoms with Gasteiger partial charge in [-0.3, -0.25) is 4.79 Å². The summed E-state index contributed by atoms with van der Waals surface area (Å²) in [5.74, 6) is 2.28. The van der Waals surface area contributed by atoms with Gasteiger partial charge < -0.3 is 20.1 Å². The third-order valence-electron chi connectivity index (χ3n) is 4.54. The number of fused-ring (bicyclic) bond motifs is 1. The topological polar surface area (TPSA) is 85.4 Å². The van der Waals surface area contributed by atoms with Crippen molar-refractivity contribution < 1.29 is 14.3 Å². The first kappa shape index (κ1) is 21.7. The predicted molar refractivity (Wildman–Crippen MR) is 121 cm³/mol. The molecule has 0 saturated carbocycles. The van der Waals surface area contributed by atoms with Gasteiger partial charge in [0.2, 0.25) is 5.91 Å². The third kappa shape index (κ3) is 5.13. The standard InChI is InChI=1S/C22H26N4O3S/c1-5-23-21-16-8-6-7-9-18(16)25-22(26-21)30-13-20(27)24-14(2)17-12-15(28-3)10-11-19(17)29-4/h6-12,14H,5,13H2,1-4H3,(H,24,27)(H,23,25,26). The fourth-order valence-corrected chi connectivity index (χ4v) is 3.75. The number of ether oxygens (including phenoxy) is 2. The van der Waals surface area contributed by atoms with Gasteiger partial charge in [0.15, 0.2) is 5.16 Å². The lowest BCUT2D eigenvalue weighted by atomic mass is 10.1. The highest BCUT2D eigenvalue weighted by Gasteiger charge is 2.16. The SMILES string of the molecule is CCNc1nc(SCC(=O)NC(C)c2cc(OC)ccc2OC)nc2ccccc12. The van der Waals surface area contributed by atoms with E-state index in [1.54, 1.807) is 14.2 Å². The molecule has 0 aliphatic heterocycles. The Labute approximate surface area is 180 Å². The van der Waals surface area contributed by atoms with Gasteiger partial charge in [-0.05, 0) is 44.2 Å². The number of anilines is 1. The average Bonchev–Trinajstić information content (AvgIpc) is 2.77. The van der Waals surface area contributed by atoms with Gasteiger partial charge in [0.05, 0.1) is 31.5 Å². The smallest absolute Gasteiger partial charge is 0.230 e. The largest absolute Gasteiger partial charge is 0.497 e. The van der Waals surface area contributed by atoms with Crippen molar-refractivity contribution in [3.05, 3.63) is 48.0 Å². The van der Waals surface area contributed by atoms with E-state index in [4.69, 9.17) is 9.47 Å². The maximum Gasteiger partial charge on any atom is 0.230 e. The molecule has 0 bridgehead atoms. The molecule has 158 valence electrons. The molecule has 0 aliphatic carbocycles. The number of thioether (sulfide) groups is 1. The first-order chi connectivity index (χ1) is 14.5. The molecule has 0 fully saturated rings. The molecule has 7 nitrogen and oxygen atoms in total. The second kappa shape index (κ2) is 10.2. The number of hydrogen-bond donors (Lipinski definition) is 2. The summed E-state index contributed by atoms with van der Waals surface area (Å²) in [5.41, 5.74) is 1.70. The molecule has 8 heteroatoms. The van der Waals surface area contributed by atoms with Crippen LogP contribution in [0.15, 0.2) is 47.6 Å². The fraction of sp³-hybridized carbons (Fsp3) is 0.318. The zero-order valence-corrected chi connectivity index (χ0v) is 18.4. The van der Waals surface area contributed by atoms with Crippen molar-refractivity contribution in [2.45, 2.75) is 25.0 Å². The van der Waals surface area contributed by atoms with Gasteiger partial charge in [-0.2, -0.15) is 0 Å². The maximum absolute atomic E-state index is 12.6. The first-order valence-corrected chi connectivity index (χ1v) is 10.7. The molecule has 1 aromatic heterocycles. The highest BCUT2D eigenvalue weighted by molar-refractivity contribution is 7.99. The minimum atomic E-state index is -0.238. The van der Waals surface area contributed by atoms with Gasteiger partial charge in [0.25, 0.3) is 0 Å². The Bertz CT molecular complexity index is 1030. The number of carbonyl (C=O) groups is 1. The van der Waals surface area contributed by atoms with Crippen LogP contribution in [0.3, 0.4) is 0 Å². The molecule has 2 N–H and O–H groups in total.